The molecule has 0 radical (unpaired) electrons. The van der Waals surface area contributed by atoms with E-state index >= 15 is 0 Å². The van der Waals surface area contributed by atoms with E-state index in [0.29, 0.717) is 0 Å². The predicted molar refractivity (Wildman–Crippen MR) is 94.1 cm³/mol. The minimum Gasteiger partial charge on any atom is -0.506 e. The summed E-state index contributed by atoms with van der Waals surface area (Å²) in [4.78, 5) is 19.5. The van der Waals surface area contributed by atoms with Gasteiger partial charge in [-0.1, -0.05) is 5.16 Å². The van der Waals surface area contributed by atoms with Gasteiger partial charge in [-0.3, -0.25) is 10.1 Å². The number of rotatable bonds is 8. The molecule has 12 nitrogen and oxygen atoms in total. The molecule has 2 rings (SSSR count). The maximum atomic E-state index is 12.2. The second-order valence-electron chi connectivity index (χ2n) is 5.22. The van der Waals surface area contributed by atoms with Gasteiger partial charge in [-0.25, -0.2) is 23.1 Å². The number of nitrogens with zero attached hydrogens (tertiary/aromatic N) is 4. The van der Waals surface area contributed by atoms with Crippen molar-refractivity contribution in [3.8, 4) is 6.07 Å². The third-order valence-corrected chi connectivity index (χ3v) is 4.76. The van der Waals surface area contributed by atoms with Gasteiger partial charge in [0.1, 0.15) is 16.7 Å². The summed E-state index contributed by atoms with van der Waals surface area (Å²) in [6, 6.07) is 1.58. The van der Waals surface area contributed by atoms with Crippen molar-refractivity contribution in [3.63, 3.8) is 0 Å². The number of carbonyl (C=O) groups is 1. The van der Waals surface area contributed by atoms with Crippen LogP contribution in [0.4, 0.5) is 5.95 Å². The lowest BCUT2D eigenvalue weighted by Gasteiger charge is -2.07. The number of carbonyl (C=O) groups excluding carboxylic acids is 1. The molecule has 2 aromatic heterocycles. The molecule has 0 unspecified atom stereocenters. The van der Waals surface area contributed by atoms with E-state index in [0.717, 1.165) is 18.6 Å². The monoisotopic (exact) mass is 408 g/mol. The maximum Gasteiger partial charge on any atom is 0.272 e. The van der Waals surface area contributed by atoms with Gasteiger partial charge in [-0.2, -0.15) is 5.26 Å². The summed E-state index contributed by atoms with van der Waals surface area (Å²) >= 11 is 0. The largest absolute Gasteiger partial charge is 0.506 e. The summed E-state index contributed by atoms with van der Waals surface area (Å²) in [5.41, 5.74) is -0.538. The van der Waals surface area contributed by atoms with Crippen LogP contribution in [0.25, 0.3) is 5.76 Å². The minimum absolute atomic E-state index is 0.0647. The Hall–Kier alpha value is -3.34. The first-order valence-corrected chi connectivity index (χ1v) is 9.15. The quantitative estimate of drug-likeness (QED) is 0.235. The third kappa shape index (κ3) is 4.88. The molecule has 0 aliphatic carbocycles. The van der Waals surface area contributed by atoms with Crippen LogP contribution in [0.15, 0.2) is 33.6 Å². The normalized spacial score (nSPS) is 12.2. The second kappa shape index (κ2) is 9.04. The van der Waals surface area contributed by atoms with Crippen LogP contribution in [0.2, 0.25) is 0 Å². The number of nitriles is 1. The van der Waals surface area contributed by atoms with Gasteiger partial charge < -0.3 is 14.4 Å². The molecule has 0 aliphatic rings. The van der Waals surface area contributed by atoms with Crippen LogP contribution >= 0.6 is 0 Å². The molecule has 0 aromatic carbocycles. The number of ether oxygens (including phenoxy) is 1. The predicted octanol–water partition coefficient (Wildman–Crippen LogP) is 0.129. The van der Waals surface area contributed by atoms with Crippen LogP contribution in [-0.2, 0) is 19.6 Å². The lowest BCUT2D eigenvalue weighted by molar-refractivity contribution is -0.112. The van der Waals surface area contributed by atoms with E-state index in [9.17, 15) is 18.3 Å². The topological polar surface area (TPSA) is 180 Å². The number of amides is 1. The fraction of sp³-hybridized carbons (Fsp3) is 0.267. The molecule has 148 valence electrons. The van der Waals surface area contributed by atoms with Gasteiger partial charge in [0, 0.05) is 13.7 Å². The van der Waals surface area contributed by atoms with Crippen molar-refractivity contribution in [2.45, 2.75) is 11.8 Å². The number of aryl methyl sites for hydroxylation is 1. The molecular weight excluding hydrogens is 392 g/mol. The smallest absolute Gasteiger partial charge is 0.272 e. The number of aliphatic hydroxyl groups is 1. The minimum atomic E-state index is -3.83. The molecule has 2 aromatic rings. The zero-order valence-corrected chi connectivity index (χ0v) is 15.6. The van der Waals surface area contributed by atoms with Crippen LogP contribution in [0.3, 0.4) is 0 Å². The average molecular weight is 408 g/mol. The van der Waals surface area contributed by atoms with Crippen molar-refractivity contribution >= 4 is 27.6 Å². The summed E-state index contributed by atoms with van der Waals surface area (Å²) in [6.45, 7) is 1.75. The van der Waals surface area contributed by atoms with Crippen molar-refractivity contribution in [3.05, 3.63) is 35.5 Å². The highest BCUT2D eigenvalue weighted by Gasteiger charge is 2.21. The second-order valence-corrected chi connectivity index (χ2v) is 6.99. The zero-order chi connectivity index (χ0) is 20.7. The lowest BCUT2D eigenvalue weighted by Crippen LogP contribution is -2.27. The summed E-state index contributed by atoms with van der Waals surface area (Å²) in [7, 11) is -2.40. The Kier molecular flexibility index (Phi) is 6.77. The highest BCUT2D eigenvalue weighted by atomic mass is 32.2. The molecule has 0 saturated heterocycles. The molecular formula is C15H16N6O6S. The fourth-order valence-electron chi connectivity index (χ4n) is 1.92. The SMILES string of the molecule is COCCNS(=O)(=O)c1cnc(NC(=O)/C(C#N)=C(\O)c2cnoc2C)nc1. The van der Waals surface area contributed by atoms with Crippen molar-refractivity contribution in [2.24, 2.45) is 0 Å². The Morgan fingerprint density at radius 3 is 2.57 bits per heavy atom. The number of sulfonamides is 1. The van der Waals surface area contributed by atoms with Crippen molar-refractivity contribution in [2.75, 3.05) is 25.6 Å². The van der Waals surface area contributed by atoms with Gasteiger partial charge in [0.15, 0.2) is 11.3 Å². The van der Waals surface area contributed by atoms with Gasteiger partial charge in [0.2, 0.25) is 16.0 Å². The number of methoxy groups -OCH3 is 1. The summed E-state index contributed by atoms with van der Waals surface area (Å²) in [5.74, 6) is -1.66. The zero-order valence-electron chi connectivity index (χ0n) is 14.8. The van der Waals surface area contributed by atoms with Gasteiger partial charge in [-0.05, 0) is 6.92 Å². The molecule has 0 aliphatic heterocycles. The van der Waals surface area contributed by atoms with Crippen molar-refractivity contribution in [1.29, 1.82) is 5.26 Å². The lowest BCUT2D eigenvalue weighted by atomic mass is 10.1. The van der Waals surface area contributed by atoms with E-state index < -0.39 is 27.3 Å². The molecule has 3 N–H and O–H groups in total. The van der Waals surface area contributed by atoms with Crippen LogP contribution in [0.5, 0.6) is 0 Å². The van der Waals surface area contributed by atoms with Crippen LogP contribution in [-0.4, -0.2) is 54.8 Å². The van der Waals surface area contributed by atoms with Gasteiger partial charge in [0.05, 0.1) is 30.8 Å². The molecule has 0 saturated carbocycles. The van der Waals surface area contributed by atoms with Gasteiger partial charge in [0.25, 0.3) is 5.91 Å². The van der Waals surface area contributed by atoms with Crippen molar-refractivity contribution in [1.82, 2.24) is 19.8 Å². The number of aliphatic hydroxyl groups excluding tert-OH is 1. The molecule has 0 spiro atoms. The fourth-order valence-corrected chi connectivity index (χ4v) is 2.82. The molecule has 0 bridgehead atoms. The van der Waals surface area contributed by atoms with E-state index in [1.165, 1.54) is 14.0 Å². The van der Waals surface area contributed by atoms with Crippen LogP contribution in [0.1, 0.15) is 11.3 Å². The van der Waals surface area contributed by atoms with E-state index in [4.69, 9.17) is 14.5 Å². The molecule has 2 heterocycles. The highest BCUT2D eigenvalue weighted by molar-refractivity contribution is 7.89. The van der Waals surface area contributed by atoms with E-state index in [1.807, 2.05) is 0 Å². The Bertz CT molecular complexity index is 1020. The first-order valence-electron chi connectivity index (χ1n) is 7.67. The highest BCUT2D eigenvalue weighted by Crippen LogP contribution is 2.20. The van der Waals surface area contributed by atoms with Crippen LogP contribution in [0, 0.1) is 18.3 Å². The third-order valence-electron chi connectivity index (χ3n) is 3.34. The summed E-state index contributed by atoms with van der Waals surface area (Å²) in [6.07, 6.45) is 3.12. The number of nitrogens with one attached hydrogen (secondary N) is 2. The van der Waals surface area contributed by atoms with E-state index in [1.54, 1.807) is 6.07 Å². The van der Waals surface area contributed by atoms with Gasteiger partial charge >= 0.3 is 0 Å². The Balaban J connectivity index is 2.16. The van der Waals surface area contributed by atoms with E-state index in [2.05, 4.69) is 25.2 Å². The molecule has 0 fully saturated rings. The Morgan fingerprint density at radius 1 is 1.36 bits per heavy atom. The number of anilines is 1. The number of aromatic nitrogens is 3. The summed E-state index contributed by atoms with van der Waals surface area (Å²) in [5, 5.41) is 24.9. The Labute approximate surface area is 159 Å². The van der Waals surface area contributed by atoms with Crippen LogP contribution < -0.4 is 10.0 Å². The Morgan fingerprint density at radius 2 is 2.04 bits per heavy atom. The first kappa shape index (κ1) is 21.0. The van der Waals surface area contributed by atoms with E-state index in [-0.39, 0.29) is 35.3 Å². The maximum absolute atomic E-state index is 12.2. The first-order chi connectivity index (χ1) is 13.3. The molecule has 13 heteroatoms. The molecule has 0 atom stereocenters. The number of hydrogen-bond acceptors (Lipinski definition) is 10. The molecule has 1 amide bonds. The number of hydrogen-bond donors (Lipinski definition) is 3. The summed E-state index contributed by atoms with van der Waals surface area (Å²) < 4.78 is 35.8. The van der Waals surface area contributed by atoms with Gasteiger partial charge in [-0.15, -0.1) is 0 Å². The van der Waals surface area contributed by atoms with Crippen molar-refractivity contribution < 1.29 is 27.6 Å². The molecule has 28 heavy (non-hydrogen) atoms. The average Bonchev–Trinajstić information content (AvgIpc) is 3.08. The standard InChI is InChI=1S/C15H16N6O6S/c1-9-12(8-19-27-9)13(22)11(5-16)14(23)21-15-17-6-10(7-18-15)28(24,25)20-3-4-26-2/h6-8,20,22H,3-4H2,1-2H3,(H,17,18,21,23)/b13-11-.